The maximum Gasteiger partial charge on any atom is 0.282 e. The Bertz CT molecular complexity index is 1230. The Hall–Kier alpha value is -3.36. The van der Waals surface area contributed by atoms with Crippen molar-refractivity contribution in [2.45, 2.75) is 19.6 Å². The minimum absolute atomic E-state index is 0.286. The quantitative estimate of drug-likeness (QED) is 0.431. The molecule has 4 aromatic rings. The molecule has 0 unspecified atom stereocenters. The van der Waals surface area contributed by atoms with E-state index in [1.807, 2.05) is 19.2 Å². The van der Waals surface area contributed by atoms with Gasteiger partial charge in [0.15, 0.2) is 0 Å². The van der Waals surface area contributed by atoms with Gasteiger partial charge in [-0.1, -0.05) is 41.7 Å². The van der Waals surface area contributed by atoms with Crippen molar-refractivity contribution in [1.29, 1.82) is 0 Å². The predicted molar refractivity (Wildman–Crippen MR) is 123 cm³/mol. The minimum Gasteiger partial charge on any atom is -0.497 e. The van der Waals surface area contributed by atoms with Gasteiger partial charge in [-0.2, -0.15) is 0 Å². The molecule has 32 heavy (non-hydrogen) atoms. The Kier molecular flexibility index (Phi) is 6.72. The van der Waals surface area contributed by atoms with Crippen LogP contribution in [-0.2, 0) is 19.6 Å². The fourth-order valence-corrected chi connectivity index (χ4v) is 4.20. The van der Waals surface area contributed by atoms with E-state index in [-0.39, 0.29) is 11.7 Å². The zero-order valence-corrected chi connectivity index (χ0v) is 18.7. The monoisotopic (exact) mass is 450 g/mol. The van der Waals surface area contributed by atoms with Gasteiger partial charge in [-0.15, -0.1) is 10.2 Å². The van der Waals surface area contributed by atoms with Crippen molar-refractivity contribution in [3.05, 3.63) is 87.6 Å². The van der Waals surface area contributed by atoms with Crippen LogP contribution in [0.1, 0.15) is 25.9 Å². The lowest BCUT2D eigenvalue weighted by molar-refractivity contribution is 0.0950. The number of halogens is 1. The summed E-state index contributed by atoms with van der Waals surface area (Å²) in [5.41, 5.74) is 2.00. The third kappa shape index (κ3) is 5.46. The van der Waals surface area contributed by atoms with Crippen LogP contribution in [0.4, 0.5) is 4.39 Å². The summed E-state index contributed by atoms with van der Waals surface area (Å²) in [6, 6.07) is 18.4. The number of methoxy groups -OCH3 is 1. The largest absolute Gasteiger partial charge is 0.497 e. The first-order chi connectivity index (χ1) is 15.5. The van der Waals surface area contributed by atoms with Gasteiger partial charge >= 0.3 is 0 Å². The van der Waals surface area contributed by atoms with Crippen molar-refractivity contribution >= 4 is 28.0 Å². The van der Waals surface area contributed by atoms with E-state index >= 15 is 0 Å². The molecule has 8 heteroatoms. The van der Waals surface area contributed by atoms with Crippen LogP contribution < -0.4 is 10.1 Å². The van der Waals surface area contributed by atoms with Gasteiger partial charge in [0.05, 0.1) is 13.7 Å². The molecule has 1 N–H and O–H groups in total. The number of hydrogen-bond acceptors (Lipinski definition) is 6. The number of ether oxygens (including phenoxy) is 1. The van der Waals surface area contributed by atoms with Crippen LogP contribution in [-0.4, -0.2) is 35.2 Å². The fraction of sp³-hybridized carbons (Fsp3) is 0.208. The minimum atomic E-state index is -0.304. The Morgan fingerprint density at radius 2 is 1.72 bits per heavy atom. The van der Waals surface area contributed by atoms with E-state index < -0.39 is 0 Å². The van der Waals surface area contributed by atoms with E-state index in [4.69, 9.17) is 4.74 Å². The smallest absolute Gasteiger partial charge is 0.282 e. The number of amides is 1. The summed E-state index contributed by atoms with van der Waals surface area (Å²) in [6.45, 7) is 1.64. The Balaban J connectivity index is 1.33. The molecular weight excluding hydrogens is 427 g/mol. The van der Waals surface area contributed by atoms with Gasteiger partial charge in [-0.3, -0.25) is 9.69 Å². The number of fused-ring (bicyclic) bond motifs is 1. The summed E-state index contributed by atoms with van der Waals surface area (Å²) < 4.78 is 18.3. The van der Waals surface area contributed by atoms with E-state index in [1.54, 1.807) is 19.2 Å². The Morgan fingerprint density at radius 1 is 1.00 bits per heavy atom. The Labute approximate surface area is 189 Å². The number of aromatic nitrogens is 2. The maximum atomic E-state index is 13.0. The number of carbonyl (C=O) groups excluding carboxylic acids is 1. The van der Waals surface area contributed by atoms with Gasteiger partial charge in [0.2, 0.25) is 5.01 Å². The molecule has 1 amide bonds. The summed E-state index contributed by atoms with van der Waals surface area (Å²) >= 11 is 1.27. The van der Waals surface area contributed by atoms with Crippen LogP contribution in [0.25, 0.3) is 10.8 Å². The van der Waals surface area contributed by atoms with E-state index in [0.717, 1.165) is 33.6 Å². The van der Waals surface area contributed by atoms with Gasteiger partial charge in [0, 0.05) is 13.1 Å². The van der Waals surface area contributed by atoms with Crippen molar-refractivity contribution in [3.63, 3.8) is 0 Å². The number of benzene rings is 3. The van der Waals surface area contributed by atoms with Crippen LogP contribution in [0, 0.1) is 5.82 Å². The number of hydrogen-bond donors (Lipinski definition) is 1. The van der Waals surface area contributed by atoms with Gasteiger partial charge in [0.25, 0.3) is 5.91 Å². The third-order valence-corrected chi connectivity index (χ3v) is 5.90. The molecule has 4 rings (SSSR count). The summed E-state index contributed by atoms with van der Waals surface area (Å²) in [4.78, 5) is 14.5. The summed E-state index contributed by atoms with van der Waals surface area (Å²) in [5.74, 6) is 0.253. The van der Waals surface area contributed by atoms with Crippen LogP contribution in [0.5, 0.6) is 5.75 Å². The summed E-state index contributed by atoms with van der Waals surface area (Å²) in [6.07, 6.45) is 0. The van der Waals surface area contributed by atoms with Crippen molar-refractivity contribution in [2.75, 3.05) is 14.2 Å². The lowest BCUT2D eigenvalue weighted by Crippen LogP contribution is -2.22. The molecule has 0 aliphatic rings. The second-order valence-electron chi connectivity index (χ2n) is 7.53. The topological polar surface area (TPSA) is 67.3 Å². The van der Waals surface area contributed by atoms with Gasteiger partial charge in [-0.25, -0.2) is 4.39 Å². The molecule has 0 atom stereocenters. The molecule has 6 nitrogen and oxygen atoms in total. The standard InChI is InChI=1S/C24H23FN4O2S/c1-29(14-17-3-6-19-12-21(31-2)10-7-18(19)11-17)15-22-27-28-24(32-22)23(30)26-13-16-4-8-20(25)9-5-16/h3-12H,13-15H2,1-2H3,(H,26,30). The molecule has 0 bridgehead atoms. The highest BCUT2D eigenvalue weighted by Gasteiger charge is 2.14. The van der Waals surface area contributed by atoms with Crippen LogP contribution in [0.15, 0.2) is 60.7 Å². The molecule has 0 saturated heterocycles. The fourth-order valence-electron chi connectivity index (χ4n) is 3.37. The lowest BCUT2D eigenvalue weighted by Gasteiger charge is -2.15. The summed E-state index contributed by atoms with van der Waals surface area (Å²) in [7, 11) is 3.67. The van der Waals surface area contributed by atoms with Crippen molar-refractivity contribution in [1.82, 2.24) is 20.4 Å². The van der Waals surface area contributed by atoms with E-state index in [0.29, 0.717) is 18.1 Å². The molecule has 0 aliphatic heterocycles. The van der Waals surface area contributed by atoms with Crippen molar-refractivity contribution < 1.29 is 13.9 Å². The van der Waals surface area contributed by atoms with Crippen molar-refractivity contribution in [3.8, 4) is 5.75 Å². The summed E-state index contributed by atoms with van der Waals surface area (Å²) in [5, 5.41) is 14.3. The van der Waals surface area contributed by atoms with Crippen LogP contribution >= 0.6 is 11.3 Å². The molecule has 0 fully saturated rings. The van der Waals surface area contributed by atoms with E-state index in [1.165, 1.54) is 29.0 Å². The predicted octanol–water partition coefficient (Wildman–Crippen LogP) is 4.40. The molecule has 0 saturated carbocycles. The van der Waals surface area contributed by atoms with Crippen LogP contribution in [0.2, 0.25) is 0 Å². The zero-order chi connectivity index (χ0) is 22.5. The highest BCUT2D eigenvalue weighted by Crippen LogP contribution is 2.23. The number of rotatable bonds is 8. The maximum absolute atomic E-state index is 13.0. The van der Waals surface area contributed by atoms with Gasteiger partial charge in [-0.05, 0) is 59.3 Å². The highest BCUT2D eigenvalue weighted by atomic mass is 32.1. The zero-order valence-electron chi connectivity index (χ0n) is 17.8. The lowest BCUT2D eigenvalue weighted by atomic mass is 10.1. The first-order valence-corrected chi connectivity index (χ1v) is 10.9. The van der Waals surface area contributed by atoms with E-state index in [2.05, 4.69) is 44.7 Å². The highest BCUT2D eigenvalue weighted by molar-refractivity contribution is 7.13. The average Bonchev–Trinajstić information content (AvgIpc) is 3.26. The number of nitrogens with one attached hydrogen (secondary N) is 1. The first kappa shape index (κ1) is 21.9. The number of nitrogens with zero attached hydrogens (tertiary/aromatic N) is 3. The van der Waals surface area contributed by atoms with Gasteiger partial charge in [0.1, 0.15) is 16.6 Å². The second kappa shape index (κ2) is 9.84. The third-order valence-electron chi connectivity index (χ3n) is 5.00. The SMILES string of the molecule is COc1ccc2cc(CN(C)Cc3nnc(C(=O)NCc4ccc(F)cc4)s3)ccc2c1. The Morgan fingerprint density at radius 3 is 2.50 bits per heavy atom. The molecule has 1 aromatic heterocycles. The van der Waals surface area contributed by atoms with Gasteiger partial charge < -0.3 is 10.1 Å². The van der Waals surface area contributed by atoms with Crippen molar-refractivity contribution in [2.24, 2.45) is 0 Å². The van der Waals surface area contributed by atoms with Crippen LogP contribution in [0.3, 0.4) is 0 Å². The second-order valence-corrected chi connectivity index (χ2v) is 8.59. The molecule has 0 aliphatic carbocycles. The molecule has 164 valence electrons. The number of carbonyl (C=O) groups is 1. The normalized spacial score (nSPS) is 11.1. The molecular formula is C24H23FN4O2S. The van der Waals surface area contributed by atoms with E-state index in [9.17, 15) is 9.18 Å². The molecule has 1 heterocycles. The molecule has 3 aromatic carbocycles. The molecule has 0 spiro atoms. The average molecular weight is 451 g/mol. The first-order valence-electron chi connectivity index (χ1n) is 10.1. The molecule has 0 radical (unpaired) electrons.